The predicted octanol–water partition coefficient (Wildman–Crippen LogP) is 2.23. The minimum atomic E-state index is -3.25. The van der Waals surface area contributed by atoms with Crippen molar-refractivity contribution in [1.82, 2.24) is 19.5 Å². The Kier molecular flexibility index (Phi) is 7.36. The summed E-state index contributed by atoms with van der Waals surface area (Å²) in [5, 5.41) is 13.7. The second-order valence-electron chi connectivity index (χ2n) is 7.61. The number of carbonyl (C=O) groups excluding carboxylic acids is 1. The molecule has 1 aromatic carbocycles. The number of hydrogen-bond acceptors (Lipinski definition) is 10. The molecular weight excluding hydrogens is 465 g/mol. The highest BCUT2D eigenvalue weighted by Gasteiger charge is 2.46. The highest BCUT2D eigenvalue weighted by molar-refractivity contribution is 7.53. The summed E-state index contributed by atoms with van der Waals surface area (Å²) in [5.74, 6) is -0.112. The summed E-state index contributed by atoms with van der Waals surface area (Å²) in [6, 6.07) is 8.72. The lowest BCUT2D eigenvalue weighted by Crippen LogP contribution is -2.34. The van der Waals surface area contributed by atoms with Crippen LogP contribution < -0.4 is 5.32 Å². The van der Waals surface area contributed by atoms with Gasteiger partial charge in [-0.05, 0) is 18.6 Å². The molecule has 4 atom stereocenters. The summed E-state index contributed by atoms with van der Waals surface area (Å²) in [6.07, 6.45) is -0.107. The molecule has 182 valence electrons. The first-order chi connectivity index (χ1) is 16.4. The van der Waals surface area contributed by atoms with Crippen molar-refractivity contribution in [2.24, 2.45) is 0 Å². The van der Waals surface area contributed by atoms with Gasteiger partial charge < -0.3 is 28.9 Å². The highest BCUT2D eigenvalue weighted by atomic mass is 31.2. The standard InChI is InChI=1S/C21H26N5O7P/c1-30-17-14(9-10-34(29,31-2)32-3)33-21(16(17)27)26-12-24-15-18(22-11-23-19(15)26)25-20(28)13-7-5-4-6-8-13/h4-8,11-12,14,16-17,21,27H,9-10H2,1-3H3,(H,22,23,25,28)/t14-,16-,17-,21-/m1/s1. The van der Waals surface area contributed by atoms with E-state index in [1.807, 2.05) is 6.07 Å². The molecule has 1 fully saturated rings. The summed E-state index contributed by atoms with van der Waals surface area (Å²) >= 11 is 0. The van der Waals surface area contributed by atoms with E-state index in [4.69, 9.17) is 18.5 Å². The number of benzene rings is 1. The van der Waals surface area contributed by atoms with Crippen LogP contribution in [-0.4, -0.2) is 76.3 Å². The van der Waals surface area contributed by atoms with Crippen LogP contribution in [0.5, 0.6) is 0 Å². The smallest absolute Gasteiger partial charge is 0.330 e. The molecule has 13 heteroatoms. The molecule has 1 amide bonds. The number of anilines is 1. The van der Waals surface area contributed by atoms with Gasteiger partial charge in [0.05, 0.1) is 18.6 Å². The van der Waals surface area contributed by atoms with Gasteiger partial charge in [-0.15, -0.1) is 0 Å². The molecule has 1 aliphatic heterocycles. The van der Waals surface area contributed by atoms with E-state index in [0.717, 1.165) is 0 Å². The maximum Gasteiger partial charge on any atom is 0.330 e. The average Bonchev–Trinajstić information content (AvgIpc) is 3.44. The van der Waals surface area contributed by atoms with Crippen LogP contribution in [-0.2, 0) is 23.1 Å². The van der Waals surface area contributed by atoms with Gasteiger partial charge in [-0.3, -0.25) is 13.9 Å². The van der Waals surface area contributed by atoms with Crippen LogP contribution in [0.1, 0.15) is 23.0 Å². The Morgan fingerprint density at radius 2 is 1.91 bits per heavy atom. The molecule has 0 bridgehead atoms. The number of carbonyl (C=O) groups is 1. The summed E-state index contributed by atoms with van der Waals surface area (Å²) in [7, 11) is 0.843. The SMILES string of the molecule is CO[C@H]1[C@@H](O)[C@H](n2cnc3c(NC(=O)c4ccccc4)ncnc32)O[C@@H]1CCP(=O)(OC)OC. The Hall–Kier alpha value is -2.73. The second kappa shape index (κ2) is 10.3. The van der Waals surface area contributed by atoms with Crippen LogP contribution in [0.4, 0.5) is 5.82 Å². The zero-order valence-electron chi connectivity index (χ0n) is 18.9. The molecule has 0 unspecified atom stereocenters. The molecule has 0 aliphatic carbocycles. The number of ether oxygens (including phenoxy) is 2. The van der Waals surface area contributed by atoms with Crippen LogP contribution >= 0.6 is 7.60 Å². The van der Waals surface area contributed by atoms with Gasteiger partial charge in [0, 0.05) is 26.9 Å². The average molecular weight is 491 g/mol. The van der Waals surface area contributed by atoms with E-state index < -0.39 is 32.1 Å². The third-order valence-corrected chi connectivity index (χ3v) is 7.64. The lowest BCUT2D eigenvalue weighted by molar-refractivity contribution is -0.0357. The maximum absolute atomic E-state index is 12.6. The van der Waals surface area contributed by atoms with E-state index in [2.05, 4.69) is 20.3 Å². The van der Waals surface area contributed by atoms with Crippen molar-refractivity contribution in [3.63, 3.8) is 0 Å². The van der Waals surface area contributed by atoms with Crippen molar-refractivity contribution in [2.75, 3.05) is 32.8 Å². The van der Waals surface area contributed by atoms with E-state index in [0.29, 0.717) is 16.7 Å². The zero-order valence-corrected chi connectivity index (χ0v) is 19.8. The van der Waals surface area contributed by atoms with Crippen LogP contribution in [0, 0.1) is 0 Å². The van der Waals surface area contributed by atoms with Gasteiger partial charge in [0.2, 0.25) is 0 Å². The van der Waals surface area contributed by atoms with Crippen molar-refractivity contribution in [2.45, 2.75) is 31.0 Å². The second-order valence-corrected chi connectivity index (χ2v) is 10.0. The molecule has 0 spiro atoms. The van der Waals surface area contributed by atoms with Gasteiger partial charge in [-0.25, -0.2) is 15.0 Å². The number of nitrogens with one attached hydrogen (secondary N) is 1. The Labute approximate surface area is 195 Å². The summed E-state index contributed by atoms with van der Waals surface area (Å²) in [4.78, 5) is 25.3. The third-order valence-electron chi connectivity index (χ3n) is 5.73. The van der Waals surface area contributed by atoms with Crippen molar-refractivity contribution < 1.29 is 33.0 Å². The number of methoxy groups -OCH3 is 1. The Balaban J connectivity index is 1.57. The van der Waals surface area contributed by atoms with Gasteiger partial charge >= 0.3 is 7.60 Å². The first-order valence-electron chi connectivity index (χ1n) is 10.5. The number of amides is 1. The normalized spacial score (nSPS) is 22.8. The monoisotopic (exact) mass is 491 g/mol. The minimum Gasteiger partial charge on any atom is -0.386 e. The molecule has 2 aromatic heterocycles. The van der Waals surface area contributed by atoms with Crippen LogP contribution in [0.25, 0.3) is 11.2 Å². The van der Waals surface area contributed by atoms with Crippen LogP contribution in [0.2, 0.25) is 0 Å². The Morgan fingerprint density at radius 3 is 2.59 bits per heavy atom. The topological polar surface area (TPSA) is 147 Å². The molecule has 2 N–H and O–H groups in total. The first-order valence-corrected chi connectivity index (χ1v) is 12.2. The fraction of sp³-hybridized carbons (Fsp3) is 0.429. The van der Waals surface area contributed by atoms with Crippen molar-refractivity contribution in [1.29, 1.82) is 0 Å². The Morgan fingerprint density at radius 1 is 1.18 bits per heavy atom. The number of fused-ring (bicyclic) bond motifs is 1. The number of nitrogens with zero attached hydrogens (tertiary/aromatic N) is 4. The largest absolute Gasteiger partial charge is 0.386 e. The fourth-order valence-electron chi connectivity index (χ4n) is 3.91. The van der Waals surface area contributed by atoms with E-state index in [1.165, 1.54) is 34.0 Å². The molecule has 1 aliphatic rings. The minimum absolute atomic E-state index is 0.0898. The number of hydrogen-bond donors (Lipinski definition) is 2. The summed E-state index contributed by atoms with van der Waals surface area (Å²) in [6.45, 7) is 0. The molecule has 12 nitrogen and oxygen atoms in total. The van der Waals surface area contributed by atoms with E-state index >= 15 is 0 Å². The van der Waals surface area contributed by atoms with Crippen LogP contribution in [0.15, 0.2) is 43.0 Å². The molecule has 3 aromatic rings. The molecule has 1 saturated heterocycles. The van der Waals surface area contributed by atoms with E-state index in [-0.39, 0.29) is 24.3 Å². The van der Waals surface area contributed by atoms with Crippen LogP contribution in [0.3, 0.4) is 0 Å². The number of imidazole rings is 1. The quantitative estimate of drug-likeness (QED) is 0.427. The molecule has 0 saturated carbocycles. The summed E-state index contributed by atoms with van der Waals surface area (Å²) < 4.78 is 35.5. The zero-order chi connectivity index (χ0) is 24.3. The maximum atomic E-state index is 12.6. The van der Waals surface area contributed by atoms with Crippen molar-refractivity contribution in [3.05, 3.63) is 48.5 Å². The number of aromatic nitrogens is 4. The fourth-order valence-corrected chi connectivity index (χ4v) is 5.00. The molecule has 0 radical (unpaired) electrons. The first kappa shape index (κ1) is 24.4. The van der Waals surface area contributed by atoms with E-state index in [1.54, 1.807) is 28.8 Å². The predicted molar refractivity (Wildman–Crippen MR) is 122 cm³/mol. The number of aliphatic hydroxyl groups is 1. The van der Waals surface area contributed by atoms with Gasteiger partial charge in [-0.1, -0.05) is 18.2 Å². The van der Waals surface area contributed by atoms with Gasteiger partial charge in [0.25, 0.3) is 5.91 Å². The Bertz CT molecular complexity index is 1180. The number of rotatable bonds is 9. The van der Waals surface area contributed by atoms with Gasteiger partial charge in [0.15, 0.2) is 23.2 Å². The molecule has 3 heterocycles. The molecule has 4 rings (SSSR count). The lowest BCUT2D eigenvalue weighted by Gasteiger charge is -2.20. The highest BCUT2D eigenvalue weighted by Crippen LogP contribution is 2.48. The summed E-state index contributed by atoms with van der Waals surface area (Å²) in [5.41, 5.74) is 1.17. The molecule has 34 heavy (non-hydrogen) atoms. The van der Waals surface area contributed by atoms with Gasteiger partial charge in [-0.2, -0.15) is 0 Å². The number of aliphatic hydroxyl groups excluding tert-OH is 1. The third kappa shape index (κ3) is 4.74. The van der Waals surface area contributed by atoms with Crippen molar-refractivity contribution >= 4 is 30.5 Å². The molecular formula is C21H26N5O7P. The van der Waals surface area contributed by atoms with E-state index in [9.17, 15) is 14.5 Å². The lowest BCUT2D eigenvalue weighted by atomic mass is 10.1. The van der Waals surface area contributed by atoms with Gasteiger partial charge in [0.1, 0.15) is 18.5 Å². The van der Waals surface area contributed by atoms with Crippen molar-refractivity contribution in [3.8, 4) is 0 Å².